The van der Waals surface area contributed by atoms with Crippen LogP contribution in [0.5, 0.6) is 17.2 Å². The normalized spacial score (nSPS) is 9.74. The van der Waals surface area contributed by atoms with Gasteiger partial charge in [0.25, 0.3) is 0 Å². The topological polar surface area (TPSA) is 62.5 Å². The Bertz CT molecular complexity index is 617. The van der Waals surface area contributed by atoms with Gasteiger partial charge in [-0.25, -0.2) is 0 Å². The average Bonchev–Trinajstić information content (AvgIpc) is 2.47. The Morgan fingerprint density at radius 3 is 2.68 bits per heavy atom. The molecule has 0 heterocycles. The highest BCUT2D eigenvalue weighted by atomic mass is 16.5. The molecule has 2 rings (SSSR count). The molecule has 4 heteroatoms. The van der Waals surface area contributed by atoms with Crippen LogP contribution in [-0.2, 0) is 6.61 Å². The molecule has 96 valence electrons. The second-order valence-electron chi connectivity index (χ2n) is 3.88. The fourth-order valence-electron chi connectivity index (χ4n) is 1.64. The van der Waals surface area contributed by atoms with Crippen LogP contribution in [0.15, 0.2) is 42.5 Å². The van der Waals surface area contributed by atoms with Crippen molar-refractivity contribution in [2.45, 2.75) is 6.61 Å². The Labute approximate surface area is 111 Å². The number of nitriles is 1. The zero-order chi connectivity index (χ0) is 13.7. The number of aliphatic hydroxyl groups is 1. The lowest BCUT2D eigenvalue weighted by Gasteiger charge is -2.09. The van der Waals surface area contributed by atoms with Gasteiger partial charge in [0.2, 0.25) is 0 Å². The van der Waals surface area contributed by atoms with Gasteiger partial charge in [-0.05, 0) is 29.8 Å². The first-order valence-electron chi connectivity index (χ1n) is 5.72. The van der Waals surface area contributed by atoms with Crippen LogP contribution in [0.25, 0.3) is 0 Å². The Morgan fingerprint density at radius 2 is 2.00 bits per heavy atom. The molecule has 0 atom stereocenters. The summed E-state index contributed by atoms with van der Waals surface area (Å²) in [6.07, 6.45) is 0. The second-order valence-corrected chi connectivity index (χ2v) is 3.88. The predicted octanol–water partition coefficient (Wildman–Crippen LogP) is 2.85. The van der Waals surface area contributed by atoms with Gasteiger partial charge in [-0.15, -0.1) is 0 Å². The highest BCUT2D eigenvalue weighted by Crippen LogP contribution is 2.29. The van der Waals surface area contributed by atoms with Crippen molar-refractivity contribution >= 4 is 0 Å². The van der Waals surface area contributed by atoms with E-state index in [0.717, 1.165) is 5.56 Å². The van der Waals surface area contributed by atoms with E-state index in [2.05, 4.69) is 6.07 Å². The number of methoxy groups -OCH3 is 1. The highest BCUT2D eigenvalue weighted by Gasteiger charge is 2.07. The number of hydrogen-bond donors (Lipinski definition) is 1. The zero-order valence-corrected chi connectivity index (χ0v) is 10.5. The van der Waals surface area contributed by atoms with E-state index in [1.807, 2.05) is 0 Å². The fraction of sp³-hybridized carbons (Fsp3) is 0.133. The molecule has 0 amide bonds. The third-order valence-electron chi connectivity index (χ3n) is 2.62. The maximum absolute atomic E-state index is 9.08. The van der Waals surface area contributed by atoms with Crippen LogP contribution in [-0.4, -0.2) is 12.2 Å². The highest BCUT2D eigenvalue weighted by molar-refractivity contribution is 5.49. The largest absolute Gasteiger partial charge is 0.497 e. The molecule has 0 radical (unpaired) electrons. The molecule has 0 fully saturated rings. The quantitative estimate of drug-likeness (QED) is 0.912. The van der Waals surface area contributed by atoms with Gasteiger partial charge >= 0.3 is 0 Å². The summed E-state index contributed by atoms with van der Waals surface area (Å²) in [6, 6.07) is 14.1. The lowest BCUT2D eigenvalue weighted by atomic mass is 10.2. The van der Waals surface area contributed by atoms with E-state index < -0.39 is 0 Å². The van der Waals surface area contributed by atoms with Crippen molar-refractivity contribution in [3.8, 4) is 23.3 Å². The van der Waals surface area contributed by atoms with Crippen molar-refractivity contribution in [2.24, 2.45) is 0 Å². The molecule has 19 heavy (non-hydrogen) atoms. The molecule has 0 aliphatic heterocycles. The molecule has 0 saturated carbocycles. The van der Waals surface area contributed by atoms with E-state index >= 15 is 0 Å². The van der Waals surface area contributed by atoms with Crippen LogP contribution in [0.1, 0.15) is 11.1 Å². The molecule has 2 aromatic rings. The molecular formula is C15H13NO3. The predicted molar refractivity (Wildman–Crippen MR) is 70.1 cm³/mol. The second kappa shape index (κ2) is 5.89. The summed E-state index contributed by atoms with van der Waals surface area (Å²) >= 11 is 0. The van der Waals surface area contributed by atoms with Crippen molar-refractivity contribution in [1.82, 2.24) is 0 Å². The molecule has 0 unspecified atom stereocenters. The minimum absolute atomic E-state index is 0.0551. The zero-order valence-electron chi connectivity index (χ0n) is 10.5. The number of rotatable bonds is 4. The van der Waals surface area contributed by atoms with Crippen LogP contribution in [0.2, 0.25) is 0 Å². The summed E-state index contributed by atoms with van der Waals surface area (Å²) in [5.41, 5.74) is 1.18. The van der Waals surface area contributed by atoms with Gasteiger partial charge in [-0.2, -0.15) is 5.26 Å². The maximum atomic E-state index is 9.08. The van der Waals surface area contributed by atoms with Gasteiger partial charge in [-0.3, -0.25) is 0 Å². The Hall–Kier alpha value is -2.51. The third-order valence-corrected chi connectivity index (χ3v) is 2.62. The third kappa shape index (κ3) is 3.03. The van der Waals surface area contributed by atoms with Crippen molar-refractivity contribution in [3.05, 3.63) is 53.6 Å². The summed E-state index contributed by atoms with van der Waals surface area (Å²) < 4.78 is 10.8. The molecule has 0 spiro atoms. The van der Waals surface area contributed by atoms with E-state index in [1.54, 1.807) is 49.6 Å². The van der Waals surface area contributed by atoms with E-state index in [1.165, 1.54) is 0 Å². The summed E-state index contributed by atoms with van der Waals surface area (Å²) in [6.45, 7) is -0.0551. The first kappa shape index (κ1) is 12.9. The van der Waals surface area contributed by atoms with Crippen molar-refractivity contribution in [1.29, 1.82) is 5.26 Å². The molecule has 1 N–H and O–H groups in total. The smallest absolute Gasteiger partial charge is 0.148 e. The Morgan fingerprint density at radius 1 is 1.16 bits per heavy atom. The van der Waals surface area contributed by atoms with Crippen LogP contribution < -0.4 is 9.47 Å². The van der Waals surface area contributed by atoms with Crippen LogP contribution in [0.3, 0.4) is 0 Å². The van der Waals surface area contributed by atoms with Crippen LogP contribution >= 0.6 is 0 Å². The monoisotopic (exact) mass is 255 g/mol. The van der Waals surface area contributed by atoms with Gasteiger partial charge in [0.15, 0.2) is 0 Å². The Kier molecular flexibility index (Phi) is 4.01. The molecule has 0 aromatic heterocycles. The van der Waals surface area contributed by atoms with Gasteiger partial charge < -0.3 is 14.6 Å². The van der Waals surface area contributed by atoms with Crippen LogP contribution in [0.4, 0.5) is 0 Å². The van der Waals surface area contributed by atoms with Gasteiger partial charge in [0.05, 0.1) is 19.3 Å². The standard InChI is InChI=1S/C15H13NO3/c1-18-13-6-5-12(9-16)15(8-13)19-14-4-2-3-11(7-14)10-17/h2-8,17H,10H2,1H3. The number of ether oxygens (including phenoxy) is 2. The maximum Gasteiger partial charge on any atom is 0.148 e. The molecule has 0 aliphatic rings. The molecule has 0 saturated heterocycles. The molecule has 0 aliphatic carbocycles. The lowest BCUT2D eigenvalue weighted by Crippen LogP contribution is -1.91. The molecule has 4 nitrogen and oxygen atoms in total. The first-order chi connectivity index (χ1) is 9.26. The summed E-state index contributed by atoms with van der Waals surface area (Å²) in [7, 11) is 1.55. The minimum Gasteiger partial charge on any atom is -0.497 e. The van der Waals surface area contributed by atoms with Crippen molar-refractivity contribution < 1.29 is 14.6 Å². The van der Waals surface area contributed by atoms with E-state index in [0.29, 0.717) is 22.8 Å². The van der Waals surface area contributed by atoms with Gasteiger partial charge in [0.1, 0.15) is 23.3 Å². The number of hydrogen-bond acceptors (Lipinski definition) is 4. The van der Waals surface area contributed by atoms with E-state index in [9.17, 15) is 0 Å². The molecule has 0 bridgehead atoms. The summed E-state index contributed by atoms with van der Waals surface area (Å²) in [5, 5.41) is 18.1. The fourth-order valence-corrected chi connectivity index (χ4v) is 1.64. The number of benzene rings is 2. The van der Waals surface area contributed by atoms with Gasteiger partial charge in [-0.1, -0.05) is 12.1 Å². The summed E-state index contributed by atoms with van der Waals surface area (Å²) in [5.74, 6) is 1.61. The minimum atomic E-state index is -0.0551. The number of aliphatic hydroxyl groups excluding tert-OH is 1. The van der Waals surface area contributed by atoms with E-state index in [-0.39, 0.29) is 6.61 Å². The van der Waals surface area contributed by atoms with Crippen LogP contribution in [0, 0.1) is 11.3 Å². The SMILES string of the molecule is COc1ccc(C#N)c(Oc2cccc(CO)c2)c1. The average molecular weight is 255 g/mol. The number of nitrogens with zero attached hydrogens (tertiary/aromatic N) is 1. The molecular weight excluding hydrogens is 242 g/mol. The Balaban J connectivity index is 2.33. The van der Waals surface area contributed by atoms with Crippen molar-refractivity contribution in [3.63, 3.8) is 0 Å². The lowest BCUT2D eigenvalue weighted by molar-refractivity contribution is 0.281. The van der Waals surface area contributed by atoms with Gasteiger partial charge in [0, 0.05) is 6.07 Å². The van der Waals surface area contributed by atoms with Crippen molar-refractivity contribution in [2.75, 3.05) is 7.11 Å². The first-order valence-corrected chi connectivity index (χ1v) is 5.72. The van der Waals surface area contributed by atoms with E-state index in [4.69, 9.17) is 19.8 Å². The molecule has 2 aromatic carbocycles. The summed E-state index contributed by atoms with van der Waals surface area (Å²) in [4.78, 5) is 0.